The summed E-state index contributed by atoms with van der Waals surface area (Å²) in [5, 5.41) is 38.6. The molecule has 228 valence electrons. The Labute approximate surface area is 245 Å². The molecular formula is C33H51N3O5. The molecule has 1 aliphatic carbocycles. The summed E-state index contributed by atoms with van der Waals surface area (Å²) >= 11 is 0. The molecule has 0 bridgehead atoms. The van der Waals surface area contributed by atoms with Gasteiger partial charge in [0.05, 0.1) is 12.7 Å². The molecule has 0 saturated heterocycles. The average Bonchev–Trinajstić information content (AvgIpc) is 2.99. The monoisotopic (exact) mass is 569 g/mol. The summed E-state index contributed by atoms with van der Waals surface area (Å²) in [6.07, 6.45) is 12.7. The molecule has 41 heavy (non-hydrogen) atoms. The summed E-state index contributed by atoms with van der Waals surface area (Å²) in [5.74, 6) is 0.0445. The number of carbonyl (C=O) groups excluding carboxylic acids is 1. The molecule has 3 rings (SSSR count). The maximum Gasteiger partial charge on any atom is 0.315 e. The molecule has 0 heterocycles. The number of aliphatic hydroxyl groups is 2. The highest BCUT2D eigenvalue weighted by molar-refractivity contribution is 5.74. The first-order chi connectivity index (χ1) is 20.0. The predicted octanol–water partition coefficient (Wildman–Crippen LogP) is 5.24. The van der Waals surface area contributed by atoms with Crippen LogP contribution in [0, 0.1) is 0 Å². The number of carbonyl (C=O) groups is 1. The van der Waals surface area contributed by atoms with Crippen LogP contribution in [0.3, 0.4) is 0 Å². The highest BCUT2D eigenvalue weighted by Crippen LogP contribution is 2.22. The highest BCUT2D eigenvalue weighted by atomic mass is 16.5. The zero-order valence-electron chi connectivity index (χ0n) is 24.6. The maximum atomic E-state index is 12.2. The third kappa shape index (κ3) is 13.3. The summed E-state index contributed by atoms with van der Waals surface area (Å²) in [5.41, 5.74) is 3.55. The molecule has 1 atom stereocenters. The van der Waals surface area contributed by atoms with E-state index in [0.717, 1.165) is 83.1 Å². The molecule has 2 amide bonds. The van der Waals surface area contributed by atoms with Gasteiger partial charge in [0.1, 0.15) is 5.75 Å². The second kappa shape index (κ2) is 19.5. The number of benzene rings is 2. The van der Waals surface area contributed by atoms with E-state index in [2.05, 4.69) is 40.2 Å². The lowest BCUT2D eigenvalue weighted by molar-refractivity contribution is 0.126. The number of aliphatic hydroxyl groups excluding tert-OH is 2. The van der Waals surface area contributed by atoms with Gasteiger partial charge < -0.3 is 36.0 Å². The zero-order valence-corrected chi connectivity index (χ0v) is 24.6. The fourth-order valence-corrected chi connectivity index (χ4v) is 5.30. The fourth-order valence-electron chi connectivity index (χ4n) is 5.30. The second-order valence-corrected chi connectivity index (χ2v) is 11.2. The Bertz CT molecular complexity index is 1010. The van der Waals surface area contributed by atoms with Crippen LogP contribution in [0.2, 0.25) is 0 Å². The number of unbranched alkanes of at least 4 members (excludes halogenated alkanes) is 4. The first-order valence-corrected chi connectivity index (χ1v) is 15.6. The molecule has 2 aromatic rings. The minimum absolute atomic E-state index is 0.0445. The topological polar surface area (TPSA) is 123 Å². The van der Waals surface area contributed by atoms with Gasteiger partial charge in [0.2, 0.25) is 0 Å². The summed E-state index contributed by atoms with van der Waals surface area (Å²) in [6.45, 7) is 3.17. The van der Waals surface area contributed by atoms with Crippen molar-refractivity contribution in [1.29, 1.82) is 0 Å². The van der Waals surface area contributed by atoms with E-state index in [1.54, 1.807) is 12.1 Å². The van der Waals surface area contributed by atoms with Gasteiger partial charge in [-0.05, 0) is 80.3 Å². The number of urea groups is 1. The number of ether oxygens (including phenoxy) is 1. The van der Waals surface area contributed by atoms with Gasteiger partial charge in [-0.1, -0.05) is 62.4 Å². The van der Waals surface area contributed by atoms with Crippen molar-refractivity contribution < 1.29 is 24.9 Å². The van der Waals surface area contributed by atoms with E-state index in [9.17, 15) is 20.1 Å². The third-order valence-corrected chi connectivity index (χ3v) is 7.78. The van der Waals surface area contributed by atoms with Crippen LogP contribution in [0.1, 0.15) is 99.0 Å². The molecule has 0 unspecified atom stereocenters. The standard InChI is InChI=1S/C33H51N3O5/c37-25-29-22-28(16-17-31(29)38)32(39)24-34-18-7-1-2-8-19-41-20-9-6-11-26-12-10-13-27(21-26)23-35-33(40)36-30-14-4-3-5-15-30/h10,12-13,16-17,21-22,30,32,34,37-39H,1-9,11,14-15,18-20,23-25H2,(H2,35,36,40)/t32-/m0/s1. The van der Waals surface area contributed by atoms with Crippen molar-refractivity contribution >= 4 is 6.03 Å². The van der Waals surface area contributed by atoms with Crippen LogP contribution in [0.25, 0.3) is 0 Å². The Morgan fingerprint density at radius 2 is 1.68 bits per heavy atom. The number of nitrogens with one attached hydrogen (secondary N) is 3. The van der Waals surface area contributed by atoms with Crippen LogP contribution in [0.4, 0.5) is 4.79 Å². The van der Waals surface area contributed by atoms with Gasteiger partial charge in [-0.25, -0.2) is 4.79 Å². The van der Waals surface area contributed by atoms with E-state index in [1.165, 1.54) is 30.9 Å². The lowest BCUT2D eigenvalue weighted by Crippen LogP contribution is -2.42. The van der Waals surface area contributed by atoms with Crippen LogP contribution in [-0.4, -0.2) is 53.7 Å². The number of hydrogen-bond acceptors (Lipinski definition) is 6. The molecule has 1 aliphatic rings. The SMILES string of the molecule is O=C(NCc1cccc(CCCCOCCCCCCNC[C@H](O)c2ccc(O)c(CO)c2)c1)NC1CCCCC1. The van der Waals surface area contributed by atoms with Crippen LogP contribution >= 0.6 is 0 Å². The summed E-state index contributed by atoms with van der Waals surface area (Å²) in [7, 11) is 0. The number of phenols is 1. The number of hydrogen-bond donors (Lipinski definition) is 6. The van der Waals surface area contributed by atoms with Gasteiger partial charge in [0.15, 0.2) is 0 Å². The quantitative estimate of drug-likeness (QED) is 0.129. The van der Waals surface area contributed by atoms with E-state index in [1.807, 2.05) is 0 Å². The van der Waals surface area contributed by atoms with Crippen molar-refractivity contribution in [1.82, 2.24) is 16.0 Å². The van der Waals surface area contributed by atoms with Crippen molar-refractivity contribution in [2.45, 2.75) is 102 Å². The summed E-state index contributed by atoms with van der Waals surface area (Å²) in [6, 6.07) is 13.6. The van der Waals surface area contributed by atoms with Crippen LogP contribution < -0.4 is 16.0 Å². The van der Waals surface area contributed by atoms with Crippen molar-refractivity contribution in [3.05, 3.63) is 64.7 Å². The minimum Gasteiger partial charge on any atom is -0.508 e. The number of amides is 2. The lowest BCUT2D eigenvalue weighted by Gasteiger charge is -2.22. The van der Waals surface area contributed by atoms with Crippen molar-refractivity contribution in [3.8, 4) is 5.75 Å². The van der Waals surface area contributed by atoms with E-state index in [-0.39, 0.29) is 18.4 Å². The van der Waals surface area contributed by atoms with Gasteiger partial charge in [-0.15, -0.1) is 0 Å². The molecule has 0 radical (unpaired) electrons. The Kier molecular flexibility index (Phi) is 15.6. The average molecular weight is 570 g/mol. The second-order valence-electron chi connectivity index (χ2n) is 11.2. The fraction of sp³-hybridized carbons (Fsp3) is 0.606. The molecule has 2 aromatic carbocycles. The molecule has 1 saturated carbocycles. The van der Waals surface area contributed by atoms with Gasteiger partial charge in [-0.3, -0.25) is 0 Å². The Morgan fingerprint density at radius 3 is 2.49 bits per heavy atom. The van der Waals surface area contributed by atoms with E-state index in [0.29, 0.717) is 30.3 Å². The molecule has 0 aliphatic heterocycles. The normalized spacial score (nSPS) is 14.6. The zero-order chi connectivity index (χ0) is 29.1. The minimum atomic E-state index is -0.667. The molecule has 8 nitrogen and oxygen atoms in total. The first-order valence-electron chi connectivity index (χ1n) is 15.6. The smallest absolute Gasteiger partial charge is 0.315 e. The van der Waals surface area contributed by atoms with Crippen molar-refractivity contribution in [2.75, 3.05) is 26.3 Å². The lowest BCUT2D eigenvalue weighted by atomic mass is 9.96. The van der Waals surface area contributed by atoms with Gasteiger partial charge in [0, 0.05) is 37.9 Å². The van der Waals surface area contributed by atoms with Crippen LogP contribution in [0.15, 0.2) is 42.5 Å². The maximum absolute atomic E-state index is 12.2. The van der Waals surface area contributed by atoms with E-state index in [4.69, 9.17) is 4.74 Å². The molecule has 0 spiro atoms. The van der Waals surface area contributed by atoms with Crippen molar-refractivity contribution in [2.24, 2.45) is 0 Å². The Balaban J connectivity index is 1.13. The van der Waals surface area contributed by atoms with Gasteiger partial charge in [-0.2, -0.15) is 0 Å². The number of aromatic hydroxyl groups is 1. The third-order valence-electron chi connectivity index (χ3n) is 7.78. The Hall–Kier alpha value is -2.65. The largest absolute Gasteiger partial charge is 0.508 e. The molecule has 1 fully saturated rings. The van der Waals surface area contributed by atoms with Crippen LogP contribution in [-0.2, 0) is 24.3 Å². The summed E-state index contributed by atoms with van der Waals surface area (Å²) < 4.78 is 5.82. The number of rotatable bonds is 19. The summed E-state index contributed by atoms with van der Waals surface area (Å²) in [4.78, 5) is 12.2. The van der Waals surface area contributed by atoms with Gasteiger partial charge in [0.25, 0.3) is 0 Å². The number of aryl methyl sites for hydroxylation is 1. The van der Waals surface area contributed by atoms with Crippen molar-refractivity contribution in [3.63, 3.8) is 0 Å². The Morgan fingerprint density at radius 1 is 0.927 bits per heavy atom. The van der Waals surface area contributed by atoms with E-state index < -0.39 is 6.10 Å². The highest BCUT2D eigenvalue weighted by Gasteiger charge is 2.15. The van der Waals surface area contributed by atoms with Crippen LogP contribution in [0.5, 0.6) is 5.75 Å². The molecule has 8 heteroatoms. The predicted molar refractivity (Wildman–Crippen MR) is 163 cm³/mol. The first kappa shape index (κ1) is 32.9. The van der Waals surface area contributed by atoms with Gasteiger partial charge >= 0.3 is 6.03 Å². The van der Waals surface area contributed by atoms with E-state index >= 15 is 0 Å². The molecule has 6 N–H and O–H groups in total. The molecule has 0 aromatic heterocycles. The molecular weight excluding hydrogens is 518 g/mol.